The molecule has 2 aromatic heterocycles. The van der Waals surface area contributed by atoms with Gasteiger partial charge in [0.2, 0.25) is 0 Å². The van der Waals surface area contributed by atoms with Crippen LogP contribution in [0.1, 0.15) is 25.0 Å². The van der Waals surface area contributed by atoms with Crippen molar-refractivity contribution in [2.24, 2.45) is 0 Å². The highest BCUT2D eigenvalue weighted by molar-refractivity contribution is 6.18. The van der Waals surface area contributed by atoms with Crippen molar-refractivity contribution in [3.05, 3.63) is 59.7 Å². The monoisotopic (exact) mass is 314 g/mol. The molecule has 0 saturated heterocycles. The van der Waals surface area contributed by atoms with E-state index in [1.54, 1.807) is 0 Å². The van der Waals surface area contributed by atoms with Gasteiger partial charge in [0.1, 0.15) is 11.2 Å². The Kier molecular flexibility index (Phi) is 2.78. The fraction of sp³-hybridized carbons (Fsp3) is 0.182. The molecule has 24 heavy (non-hydrogen) atoms. The molecule has 118 valence electrons. The van der Waals surface area contributed by atoms with Crippen LogP contribution in [0.25, 0.3) is 43.9 Å². The maximum Gasteiger partial charge on any atom is 0.178 e. The molecule has 2 heterocycles. The second-order valence-electron chi connectivity index (χ2n) is 6.39. The molecular weight excluding hydrogens is 296 g/mol. The summed E-state index contributed by atoms with van der Waals surface area (Å²) in [5, 5.41) is 4.54. The van der Waals surface area contributed by atoms with E-state index in [-0.39, 0.29) is 0 Å². The van der Waals surface area contributed by atoms with Gasteiger partial charge in [-0.05, 0) is 48.2 Å². The lowest BCUT2D eigenvalue weighted by molar-refractivity contribution is 0.633. The minimum Gasteiger partial charge on any atom is -0.452 e. The zero-order chi connectivity index (χ0) is 16.3. The average molecular weight is 314 g/mol. The van der Waals surface area contributed by atoms with Gasteiger partial charge in [-0.3, -0.25) is 0 Å². The van der Waals surface area contributed by atoms with Gasteiger partial charge in [-0.2, -0.15) is 0 Å². The molecule has 3 aromatic carbocycles. The maximum atomic E-state index is 6.20. The predicted molar refractivity (Wildman–Crippen MR) is 99.8 cm³/mol. The highest BCUT2D eigenvalue weighted by Gasteiger charge is 2.16. The first-order valence-electron chi connectivity index (χ1n) is 8.57. The number of hydrogen-bond donors (Lipinski definition) is 0. The third kappa shape index (κ3) is 1.77. The van der Waals surface area contributed by atoms with Gasteiger partial charge < -0.3 is 8.83 Å². The molecule has 0 N–H and O–H groups in total. The lowest BCUT2D eigenvalue weighted by Gasteiger charge is -1.95. The largest absolute Gasteiger partial charge is 0.452 e. The Hall–Kier alpha value is -2.74. The summed E-state index contributed by atoms with van der Waals surface area (Å²) in [6, 6.07) is 17.2. The lowest BCUT2D eigenvalue weighted by atomic mass is 10.1. The minimum atomic E-state index is 0.852. The van der Waals surface area contributed by atoms with Crippen LogP contribution < -0.4 is 0 Å². The summed E-state index contributed by atoms with van der Waals surface area (Å²) in [6.07, 6.45) is 2.01. The Morgan fingerprint density at radius 2 is 1.00 bits per heavy atom. The Bertz CT molecular complexity index is 1120. The molecule has 2 nitrogen and oxygen atoms in total. The van der Waals surface area contributed by atoms with Crippen molar-refractivity contribution in [1.29, 1.82) is 0 Å². The number of aryl methyl sites for hydroxylation is 2. The van der Waals surface area contributed by atoms with Crippen LogP contribution in [0, 0.1) is 0 Å². The van der Waals surface area contributed by atoms with Crippen molar-refractivity contribution in [2.45, 2.75) is 26.7 Å². The summed E-state index contributed by atoms with van der Waals surface area (Å²) >= 11 is 0. The summed E-state index contributed by atoms with van der Waals surface area (Å²) in [5.41, 5.74) is 6.15. The van der Waals surface area contributed by atoms with E-state index in [0.29, 0.717) is 0 Å². The molecule has 0 bridgehead atoms. The fourth-order valence-corrected chi connectivity index (χ4v) is 3.60. The summed E-state index contributed by atoms with van der Waals surface area (Å²) in [4.78, 5) is 0. The first-order chi connectivity index (χ1) is 11.8. The molecule has 0 spiro atoms. The Labute approximate surface area is 139 Å². The van der Waals surface area contributed by atoms with Crippen LogP contribution in [0.2, 0.25) is 0 Å². The highest BCUT2D eigenvalue weighted by Crippen LogP contribution is 2.38. The number of rotatable bonds is 2. The van der Waals surface area contributed by atoms with Crippen molar-refractivity contribution in [2.75, 3.05) is 0 Å². The number of benzene rings is 3. The maximum absolute atomic E-state index is 6.20. The first-order valence-corrected chi connectivity index (χ1v) is 8.57. The molecule has 0 aliphatic carbocycles. The topological polar surface area (TPSA) is 26.3 Å². The summed E-state index contributed by atoms with van der Waals surface area (Å²) in [7, 11) is 0. The Balaban J connectivity index is 1.91. The average Bonchev–Trinajstić information content (AvgIpc) is 3.18. The van der Waals surface area contributed by atoms with Crippen molar-refractivity contribution in [1.82, 2.24) is 0 Å². The molecule has 0 aliphatic rings. The van der Waals surface area contributed by atoms with Crippen LogP contribution in [0.3, 0.4) is 0 Å². The van der Waals surface area contributed by atoms with E-state index in [1.807, 2.05) is 0 Å². The van der Waals surface area contributed by atoms with E-state index in [4.69, 9.17) is 8.83 Å². The van der Waals surface area contributed by atoms with E-state index in [1.165, 1.54) is 11.1 Å². The number of furan rings is 2. The van der Waals surface area contributed by atoms with Gasteiger partial charge in [0.05, 0.1) is 0 Å². The van der Waals surface area contributed by atoms with Gasteiger partial charge in [-0.25, -0.2) is 0 Å². The van der Waals surface area contributed by atoms with Crippen LogP contribution in [-0.4, -0.2) is 0 Å². The molecule has 5 rings (SSSR count). The number of fused-ring (bicyclic) bond motifs is 7. The third-order valence-corrected chi connectivity index (χ3v) is 5.03. The highest BCUT2D eigenvalue weighted by atomic mass is 16.4. The van der Waals surface area contributed by atoms with Crippen molar-refractivity contribution >= 4 is 43.9 Å². The Morgan fingerprint density at radius 3 is 1.42 bits per heavy atom. The zero-order valence-electron chi connectivity index (χ0n) is 13.8. The molecule has 0 saturated carbocycles. The SMILES string of the molecule is CCc1ccc2c(c1)oc1c2ccc2c3ccc(CC)cc3oc21. The minimum absolute atomic E-state index is 0.852. The molecule has 0 amide bonds. The van der Waals surface area contributed by atoms with Gasteiger partial charge in [-0.1, -0.05) is 38.1 Å². The summed E-state index contributed by atoms with van der Waals surface area (Å²) in [5.74, 6) is 0. The van der Waals surface area contributed by atoms with Crippen LogP contribution in [-0.2, 0) is 12.8 Å². The van der Waals surface area contributed by atoms with Crippen LogP contribution in [0.4, 0.5) is 0 Å². The van der Waals surface area contributed by atoms with Gasteiger partial charge in [0, 0.05) is 21.5 Å². The van der Waals surface area contributed by atoms with Gasteiger partial charge >= 0.3 is 0 Å². The summed E-state index contributed by atoms with van der Waals surface area (Å²) in [6.45, 7) is 4.32. The lowest BCUT2D eigenvalue weighted by Crippen LogP contribution is -1.77. The quantitative estimate of drug-likeness (QED) is 0.366. The molecule has 0 atom stereocenters. The molecular formula is C22H18O2. The molecule has 0 fully saturated rings. The van der Waals surface area contributed by atoms with E-state index >= 15 is 0 Å². The molecule has 0 aliphatic heterocycles. The second-order valence-corrected chi connectivity index (χ2v) is 6.39. The van der Waals surface area contributed by atoms with E-state index in [2.05, 4.69) is 62.4 Å². The van der Waals surface area contributed by atoms with Gasteiger partial charge in [0.25, 0.3) is 0 Å². The van der Waals surface area contributed by atoms with Crippen molar-refractivity contribution in [3.63, 3.8) is 0 Å². The van der Waals surface area contributed by atoms with Crippen LogP contribution in [0.15, 0.2) is 57.4 Å². The van der Waals surface area contributed by atoms with Gasteiger partial charge in [0.15, 0.2) is 11.2 Å². The normalized spacial score (nSPS) is 12.1. The van der Waals surface area contributed by atoms with E-state index in [0.717, 1.165) is 56.7 Å². The molecule has 0 radical (unpaired) electrons. The number of hydrogen-bond acceptors (Lipinski definition) is 2. The van der Waals surface area contributed by atoms with Crippen LogP contribution >= 0.6 is 0 Å². The van der Waals surface area contributed by atoms with Crippen molar-refractivity contribution < 1.29 is 8.83 Å². The third-order valence-electron chi connectivity index (χ3n) is 5.03. The first kappa shape index (κ1) is 13.7. The Morgan fingerprint density at radius 1 is 0.583 bits per heavy atom. The fourth-order valence-electron chi connectivity index (χ4n) is 3.60. The zero-order valence-corrected chi connectivity index (χ0v) is 13.8. The smallest absolute Gasteiger partial charge is 0.178 e. The van der Waals surface area contributed by atoms with Crippen molar-refractivity contribution in [3.8, 4) is 0 Å². The standard InChI is InChI=1S/C22H18O2/c1-3-13-5-7-15-17-9-10-18-16-8-6-14(4-2)12-20(16)24-22(18)21(17)23-19(15)11-13/h5-12H,3-4H2,1-2H3. The van der Waals surface area contributed by atoms with Gasteiger partial charge in [-0.15, -0.1) is 0 Å². The second kappa shape index (κ2) is 4.88. The van der Waals surface area contributed by atoms with E-state index in [9.17, 15) is 0 Å². The predicted octanol–water partition coefficient (Wildman–Crippen LogP) is 6.61. The molecule has 5 aromatic rings. The van der Waals surface area contributed by atoms with Crippen LogP contribution in [0.5, 0.6) is 0 Å². The molecule has 0 unspecified atom stereocenters. The summed E-state index contributed by atoms with van der Waals surface area (Å²) < 4.78 is 12.4. The van der Waals surface area contributed by atoms with E-state index < -0.39 is 0 Å². The molecule has 2 heteroatoms.